The van der Waals surface area contributed by atoms with Crippen LogP contribution in [-0.2, 0) is 17.3 Å². The molecule has 2 N–H and O–H groups in total. The molecular weight excluding hydrogens is 456 g/mol. The second-order valence-electron chi connectivity index (χ2n) is 9.47. The van der Waals surface area contributed by atoms with Gasteiger partial charge in [0.1, 0.15) is 11.9 Å². The molecule has 2 saturated carbocycles. The van der Waals surface area contributed by atoms with Gasteiger partial charge >= 0.3 is 5.97 Å². The first kappa shape index (κ1) is 22.2. The molecule has 0 radical (unpaired) electrons. The predicted molar refractivity (Wildman–Crippen MR) is 134 cm³/mol. The number of carboxylic acids is 1. The third-order valence-corrected chi connectivity index (χ3v) is 7.11. The summed E-state index contributed by atoms with van der Waals surface area (Å²) in [5, 5.41) is 17.2. The van der Waals surface area contributed by atoms with E-state index in [4.69, 9.17) is 4.74 Å². The fraction of sp³-hybridized carbons (Fsp3) is 0.296. The van der Waals surface area contributed by atoms with Gasteiger partial charge in [-0.05, 0) is 49.3 Å². The molecule has 3 heterocycles. The third-order valence-electron chi connectivity index (χ3n) is 7.11. The summed E-state index contributed by atoms with van der Waals surface area (Å²) < 4.78 is 7.61. The molecule has 0 unspecified atom stereocenters. The smallest absolute Gasteiger partial charge is 0.314 e. The molecule has 9 heteroatoms. The zero-order chi connectivity index (χ0) is 24.7. The molecule has 2 fully saturated rings. The van der Waals surface area contributed by atoms with Gasteiger partial charge < -0.3 is 15.2 Å². The molecule has 9 nitrogen and oxygen atoms in total. The van der Waals surface area contributed by atoms with Crippen molar-refractivity contribution in [3.05, 3.63) is 66.7 Å². The number of hydrogen-bond acceptors (Lipinski definition) is 7. The van der Waals surface area contributed by atoms with Crippen LogP contribution in [0, 0.1) is 0 Å². The van der Waals surface area contributed by atoms with Crippen LogP contribution in [0.25, 0.3) is 22.4 Å². The average molecular weight is 483 g/mol. The molecule has 1 aromatic carbocycles. The average Bonchev–Trinajstić information content (AvgIpc) is 3.62. The Morgan fingerprint density at radius 1 is 1.06 bits per heavy atom. The Bertz CT molecular complexity index is 1410. The number of aromatic nitrogens is 5. The standard InChI is InChI=1S/C27H26N6O3/c1-33-25(32-23-15-28-16-24(31-23)36-20-3-2-4-20)21(14-30-33)22-10-7-18(13-29-22)17-5-8-19(9-6-17)27(11-12-27)26(34)35/h5-10,13-16,20H,2-4,11-12H2,1H3,(H,31,32)(H,34,35). The summed E-state index contributed by atoms with van der Waals surface area (Å²) in [5.74, 6) is 1.09. The van der Waals surface area contributed by atoms with Crippen molar-refractivity contribution in [3.8, 4) is 28.3 Å². The Morgan fingerprint density at radius 2 is 1.83 bits per heavy atom. The Kier molecular flexibility index (Phi) is 5.40. The third kappa shape index (κ3) is 4.06. The van der Waals surface area contributed by atoms with Crippen molar-refractivity contribution in [3.63, 3.8) is 0 Å². The highest BCUT2D eigenvalue weighted by Crippen LogP contribution is 2.48. The Morgan fingerprint density at radius 3 is 2.47 bits per heavy atom. The summed E-state index contributed by atoms with van der Waals surface area (Å²) >= 11 is 0. The molecule has 0 aliphatic heterocycles. The van der Waals surface area contributed by atoms with Crippen LogP contribution in [0.15, 0.2) is 61.2 Å². The number of carboxylic acid groups (broad SMARTS) is 1. The summed E-state index contributed by atoms with van der Waals surface area (Å²) in [5.41, 5.74) is 3.71. The lowest BCUT2D eigenvalue weighted by molar-refractivity contribution is -0.140. The Balaban J connectivity index is 1.21. The van der Waals surface area contributed by atoms with Gasteiger partial charge in [0.05, 0.1) is 35.3 Å². The molecule has 3 aromatic heterocycles. The topological polar surface area (TPSA) is 115 Å². The maximum atomic E-state index is 11.6. The second-order valence-corrected chi connectivity index (χ2v) is 9.47. The number of aryl methyl sites for hydroxylation is 1. The van der Waals surface area contributed by atoms with E-state index in [0.29, 0.717) is 24.5 Å². The van der Waals surface area contributed by atoms with Crippen LogP contribution in [0.1, 0.15) is 37.7 Å². The minimum atomic E-state index is -0.745. The van der Waals surface area contributed by atoms with Gasteiger partial charge in [-0.25, -0.2) is 0 Å². The molecule has 4 aromatic rings. The van der Waals surface area contributed by atoms with Crippen molar-refractivity contribution in [2.75, 3.05) is 5.32 Å². The van der Waals surface area contributed by atoms with E-state index in [0.717, 1.165) is 46.6 Å². The fourth-order valence-electron chi connectivity index (χ4n) is 4.48. The van der Waals surface area contributed by atoms with Crippen LogP contribution < -0.4 is 10.1 Å². The van der Waals surface area contributed by atoms with E-state index in [2.05, 4.69) is 25.4 Å². The van der Waals surface area contributed by atoms with Crippen LogP contribution in [0.5, 0.6) is 5.88 Å². The lowest BCUT2D eigenvalue weighted by atomic mass is 9.94. The van der Waals surface area contributed by atoms with E-state index in [9.17, 15) is 9.90 Å². The quantitative estimate of drug-likeness (QED) is 0.370. The van der Waals surface area contributed by atoms with E-state index in [1.807, 2.05) is 49.6 Å². The molecule has 0 saturated heterocycles. The molecule has 0 bridgehead atoms. The first-order valence-corrected chi connectivity index (χ1v) is 12.1. The van der Waals surface area contributed by atoms with E-state index >= 15 is 0 Å². The molecule has 0 amide bonds. The van der Waals surface area contributed by atoms with Crippen LogP contribution >= 0.6 is 0 Å². The number of ether oxygens (including phenoxy) is 1. The number of benzene rings is 1. The van der Waals surface area contributed by atoms with Crippen LogP contribution in [0.2, 0.25) is 0 Å². The molecule has 0 atom stereocenters. The molecular formula is C27H26N6O3. The zero-order valence-corrected chi connectivity index (χ0v) is 19.9. The van der Waals surface area contributed by atoms with Crippen LogP contribution in [0.3, 0.4) is 0 Å². The molecule has 2 aliphatic carbocycles. The SMILES string of the molecule is Cn1ncc(-c2ccc(-c3ccc(C4(C(=O)O)CC4)cc3)cn2)c1Nc1cncc(OC2CCC2)n1. The largest absolute Gasteiger partial charge is 0.481 e. The monoisotopic (exact) mass is 482 g/mol. The normalized spacial score (nSPS) is 16.2. The number of nitrogens with one attached hydrogen (secondary N) is 1. The first-order valence-electron chi connectivity index (χ1n) is 12.1. The highest BCUT2D eigenvalue weighted by Gasteiger charge is 2.51. The molecule has 6 rings (SSSR count). The van der Waals surface area contributed by atoms with Gasteiger partial charge in [-0.2, -0.15) is 10.1 Å². The summed E-state index contributed by atoms with van der Waals surface area (Å²) in [6.07, 6.45) is 11.8. The van der Waals surface area contributed by atoms with Gasteiger partial charge in [0, 0.05) is 18.8 Å². The van der Waals surface area contributed by atoms with Crippen LogP contribution in [0.4, 0.5) is 11.6 Å². The minimum Gasteiger partial charge on any atom is -0.481 e. The zero-order valence-electron chi connectivity index (χ0n) is 19.9. The van der Waals surface area contributed by atoms with Crippen molar-refractivity contribution >= 4 is 17.6 Å². The summed E-state index contributed by atoms with van der Waals surface area (Å²) in [4.78, 5) is 25.1. The molecule has 0 spiro atoms. The highest BCUT2D eigenvalue weighted by molar-refractivity contribution is 5.85. The number of rotatable bonds is 8. The lowest BCUT2D eigenvalue weighted by Crippen LogP contribution is -2.25. The van der Waals surface area contributed by atoms with Gasteiger partial charge in [0.15, 0.2) is 5.82 Å². The number of carbonyl (C=O) groups is 1. The summed E-state index contributed by atoms with van der Waals surface area (Å²) in [6.45, 7) is 0. The van der Waals surface area contributed by atoms with E-state index in [1.54, 1.807) is 23.3 Å². The minimum absolute atomic E-state index is 0.229. The molecule has 182 valence electrons. The van der Waals surface area contributed by atoms with Gasteiger partial charge in [0.2, 0.25) is 5.88 Å². The van der Waals surface area contributed by atoms with Gasteiger partial charge in [0.25, 0.3) is 0 Å². The van der Waals surface area contributed by atoms with E-state index < -0.39 is 11.4 Å². The van der Waals surface area contributed by atoms with Crippen molar-refractivity contribution in [2.24, 2.45) is 7.05 Å². The molecule has 2 aliphatic rings. The number of nitrogens with zero attached hydrogens (tertiary/aromatic N) is 5. The predicted octanol–water partition coefficient (Wildman–Crippen LogP) is 4.73. The number of hydrogen-bond donors (Lipinski definition) is 2. The van der Waals surface area contributed by atoms with E-state index in [-0.39, 0.29) is 6.10 Å². The number of aliphatic carboxylic acids is 1. The lowest BCUT2D eigenvalue weighted by Gasteiger charge is -2.25. The Labute approximate surface area is 208 Å². The maximum Gasteiger partial charge on any atom is 0.314 e. The first-order chi connectivity index (χ1) is 17.5. The number of pyridine rings is 1. The van der Waals surface area contributed by atoms with Crippen molar-refractivity contribution < 1.29 is 14.6 Å². The van der Waals surface area contributed by atoms with Crippen molar-refractivity contribution in [1.82, 2.24) is 24.7 Å². The van der Waals surface area contributed by atoms with E-state index in [1.165, 1.54) is 6.42 Å². The fourth-order valence-corrected chi connectivity index (χ4v) is 4.48. The van der Waals surface area contributed by atoms with Crippen LogP contribution in [-0.4, -0.2) is 41.9 Å². The van der Waals surface area contributed by atoms with Gasteiger partial charge in [-0.1, -0.05) is 30.3 Å². The van der Waals surface area contributed by atoms with Crippen molar-refractivity contribution in [2.45, 2.75) is 43.6 Å². The van der Waals surface area contributed by atoms with Gasteiger partial charge in [-0.15, -0.1) is 0 Å². The Hall–Kier alpha value is -4.27. The summed E-state index contributed by atoms with van der Waals surface area (Å²) in [6, 6.07) is 11.7. The second kappa shape index (κ2) is 8.75. The number of anilines is 2. The van der Waals surface area contributed by atoms with Crippen molar-refractivity contribution in [1.29, 1.82) is 0 Å². The maximum absolute atomic E-state index is 11.6. The molecule has 36 heavy (non-hydrogen) atoms. The summed E-state index contributed by atoms with van der Waals surface area (Å²) in [7, 11) is 1.85. The highest BCUT2D eigenvalue weighted by atomic mass is 16.5. The van der Waals surface area contributed by atoms with Gasteiger partial charge in [-0.3, -0.25) is 19.4 Å².